The van der Waals surface area contributed by atoms with Gasteiger partial charge in [0.1, 0.15) is 12.9 Å². The predicted octanol–water partition coefficient (Wildman–Crippen LogP) is 1.54. The van der Waals surface area contributed by atoms with E-state index in [1.165, 1.54) is 7.11 Å². The minimum absolute atomic E-state index is 0.0917. The van der Waals surface area contributed by atoms with E-state index in [1.807, 2.05) is 0 Å². The molecule has 0 bridgehead atoms. The van der Waals surface area contributed by atoms with E-state index >= 15 is 0 Å². The zero-order valence-corrected chi connectivity index (χ0v) is 9.96. The van der Waals surface area contributed by atoms with Gasteiger partial charge in [0.2, 0.25) is 5.71 Å². The van der Waals surface area contributed by atoms with E-state index in [4.69, 9.17) is 20.6 Å². The number of oxime groups is 1. The Morgan fingerprint density at radius 2 is 2.07 bits per heavy atom. The molecule has 0 aliphatic rings. The molecule has 0 heterocycles. The van der Waals surface area contributed by atoms with Crippen LogP contribution in [-0.4, -0.2) is 31.5 Å². The van der Waals surface area contributed by atoms with Crippen LogP contribution in [0.15, 0.2) is 17.5 Å². The first-order chi connectivity index (χ1) is 6.28. The quantitative estimate of drug-likeness (QED) is 0.259. The van der Waals surface area contributed by atoms with Crippen molar-refractivity contribution in [3.63, 3.8) is 0 Å². The maximum absolute atomic E-state index is 10.6. The van der Waals surface area contributed by atoms with Gasteiger partial charge in [-0.25, -0.2) is 4.79 Å². The van der Waals surface area contributed by atoms with Gasteiger partial charge in [-0.05, 0) is 13.1 Å². The van der Waals surface area contributed by atoms with E-state index in [0.717, 1.165) is 0 Å². The third kappa shape index (κ3) is 4.88. The van der Waals surface area contributed by atoms with Crippen molar-refractivity contribution < 1.29 is 19.2 Å². The number of hydrogen-bond acceptors (Lipinski definition) is 4. The topological polar surface area (TPSA) is 68.1 Å². The average Bonchev–Trinajstić information content (AvgIpc) is 1.95. The highest BCUT2D eigenvalue weighted by molar-refractivity contribution is 7.15. The molecule has 1 N–H and O–H groups in total. The Bertz CT molecular complexity index is 271. The van der Waals surface area contributed by atoms with Crippen LogP contribution >= 0.6 is 11.1 Å². The molecule has 80 valence electrons. The Labute approximate surface area is 87.8 Å². The molecule has 0 unspecified atom stereocenters. The molecule has 0 amide bonds. The molecule has 0 radical (unpaired) electrons. The molecular weight excluding hydrogens is 226 g/mol. The van der Waals surface area contributed by atoms with Crippen molar-refractivity contribution in [3.8, 4) is 0 Å². The number of carboxylic acid groups (broad SMARTS) is 1. The zero-order chi connectivity index (χ0) is 11.4. The van der Waals surface area contributed by atoms with Gasteiger partial charge in [-0.1, -0.05) is 11.7 Å². The van der Waals surface area contributed by atoms with Crippen molar-refractivity contribution in [1.82, 2.24) is 0 Å². The second-order valence-electron chi connectivity index (χ2n) is 2.82. The Hall–Kier alpha value is -1.01. The van der Waals surface area contributed by atoms with Crippen LogP contribution in [-0.2, 0) is 14.1 Å². The minimum Gasteiger partial charge on any atom is -0.528 e. The Balaban J connectivity index is 4.64. The van der Waals surface area contributed by atoms with E-state index < -0.39 is 13.6 Å². The molecule has 0 aromatic heterocycles. The fourth-order valence-corrected chi connectivity index (χ4v) is 1.60. The molecule has 0 aliphatic carbocycles. The van der Waals surface area contributed by atoms with Gasteiger partial charge in [0, 0.05) is 0 Å². The van der Waals surface area contributed by atoms with Crippen molar-refractivity contribution in [2.45, 2.75) is 13.1 Å². The molecule has 5 nitrogen and oxygen atoms in total. The molecular formula is C7H12ClNO4Si. The fourth-order valence-electron chi connectivity index (χ4n) is 0.642. The summed E-state index contributed by atoms with van der Waals surface area (Å²) in [6.07, 6.45) is 0. The van der Waals surface area contributed by atoms with Crippen LogP contribution in [0.5, 0.6) is 0 Å². The smallest absolute Gasteiger partial charge is 0.361 e. The van der Waals surface area contributed by atoms with Crippen LogP contribution in [0.1, 0.15) is 0 Å². The van der Waals surface area contributed by atoms with E-state index in [9.17, 15) is 4.79 Å². The molecule has 0 fully saturated rings. The van der Waals surface area contributed by atoms with Gasteiger partial charge in [-0.15, -0.1) is 11.1 Å². The van der Waals surface area contributed by atoms with Crippen LogP contribution in [0.4, 0.5) is 0 Å². The van der Waals surface area contributed by atoms with Crippen molar-refractivity contribution in [3.05, 3.63) is 12.3 Å². The summed E-state index contributed by atoms with van der Waals surface area (Å²) < 4.78 is 5.13. The van der Waals surface area contributed by atoms with Crippen LogP contribution in [0, 0.1) is 0 Å². The summed E-state index contributed by atoms with van der Waals surface area (Å²) in [6.45, 7) is 6.79. The number of carboxylic acids is 1. The normalized spacial score (nSPS) is 12.1. The Morgan fingerprint density at radius 3 is 2.36 bits per heavy atom. The summed E-state index contributed by atoms with van der Waals surface area (Å²) in [5, 5.41) is 12.0. The van der Waals surface area contributed by atoms with Crippen LogP contribution < -0.4 is 0 Å². The molecule has 0 spiro atoms. The van der Waals surface area contributed by atoms with Gasteiger partial charge in [0.15, 0.2) is 0 Å². The van der Waals surface area contributed by atoms with E-state index in [-0.39, 0.29) is 11.5 Å². The molecule has 0 rings (SSSR count). The lowest BCUT2D eigenvalue weighted by Gasteiger charge is -2.17. The van der Waals surface area contributed by atoms with Crippen LogP contribution in [0.25, 0.3) is 0 Å². The van der Waals surface area contributed by atoms with Gasteiger partial charge in [0.25, 0.3) is 0 Å². The van der Waals surface area contributed by atoms with Crippen molar-refractivity contribution in [1.29, 1.82) is 0 Å². The summed E-state index contributed by atoms with van der Waals surface area (Å²) in [5.41, 5.74) is -0.381. The maximum atomic E-state index is 10.6. The van der Waals surface area contributed by atoms with Crippen molar-refractivity contribution in [2.75, 3.05) is 7.11 Å². The Kier molecular flexibility index (Phi) is 4.65. The lowest BCUT2D eigenvalue weighted by molar-refractivity contribution is -0.129. The SMILES string of the molecule is C=C(O[Si](C)(C)Cl)C(=NOC)C(=O)O. The number of hydrogen-bond donors (Lipinski definition) is 1. The van der Waals surface area contributed by atoms with Crippen LogP contribution in [0.3, 0.4) is 0 Å². The van der Waals surface area contributed by atoms with E-state index in [0.29, 0.717) is 0 Å². The number of nitrogens with zero attached hydrogens (tertiary/aromatic N) is 1. The molecule has 0 atom stereocenters. The third-order valence-electron chi connectivity index (χ3n) is 1.02. The standard InChI is InChI=1S/C7H12ClNO4Si/c1-5(13-14(3,4)8)6(7(10)11)9-12-2/h1H2,2-4H3,(H,10,11). The first-order valence-electron chi connectivity index (χ1n) is 3.69. The average molecular weight is 238 g/mol. The lowest BCUT2D eigenvalue weighted by atomic mass is 10.3. The molecule has 0 saturated carbocycles. The summed E-state index contributed by atoms with van der Waals surface area (Å²) in [5.74, 6) is -1.36. The predicted molar refractivity (Wildman–Crippen MR) is 55.6 cm³/mol. The van der Waals surface area contributed by atoms with E-state index in [2.05, 4.69) is 16.6 Å². The van der Waals surface area contributed by atoms with Gasteiger partial charge in [-0.2, -0.15) is 0 Å². The highest BCUT2D eigenvalue weighted by Gasteiger charge is 2.26. The molecule has 0 saturated heterocycles. The third-order valence-corrected chi connectivity index (χ3v) is 1.98. The molecule has 14 heavy (non-hydrogen) atoms. The van der Waals surface area contributed by atoms with Gasteiger partial charge >= 0.3 is 13.6 Å². The number of halogens is 1. The zero-order valence-electron chi connectivity index (χ0n) is 8.20. The first kappa shape index (κ1) is 13.0. The largest absolute Gasteiger partial charge is 0.528 e. The second-order valence-corrected chi connectivity index (χ2v) is 8.48. The van der Waals surface area contributed by atoms with Crippen molar-refractivity contribution >= 4 is 30.4 Å². The number of rotatable bonds is 5. The number of carbonyl (C=O) groups is 1. The summed E-state index contributed by atoms with van der Waals surface area (Å²) in [7, 11) is -1.15. The van der Waals surface area contributed by atoms with Gasteiger partial charge < -0.3 is 14.4 Å². The fraction of sp³-hybridized carbons (Fsp3) is 0.429. The number of aliphatic carboxylic acids is 1. The van der Waals surface area contributed by atoms with Gasteiger partial charge in [-0.3, -0.25) is 0 Å². The van der Waals surface area contributed by atoms with Crippen LogP contribution in [0.2, 0.25) is 13.1 Å². The lowest BCUT2D eigenvalue weighted by Crippen LogP contribution is -2.27. The molecule has 0 aromatic carbocycles. The minimum atomic E-state index is -2.38. The highest BCUT2D eigenvalue weighted by Crippen LogP contribution is 2.14. The summed E-state index contributed by atoms with van der Waals surface area (Å²) >= 11 is 5.84. The molecule has 0 aliphatic heterocycles. The van der Waals surface area contributed by atoms with Crippen molar-refractivity contribution in [2.24, 2.45) is 5.16 Å². The highest BCUT2D eigenvalue weighted by atomic mass is 35.6. The summed E-state index contributed by atoms with van der Waals surface area (Å²) in [4.78, 5) is 15.0. The Morgan fingerprint density at radius 1 is 1.57 bits per heavy atom. The summed E-state index contributed by atoms with van der Waals surface area (Å²) in [6, 6.07) is 0. The van der Waals surface area contributed by atoms with Gasteiger partial charge in [0.05, 0.1) is 0 Å². The molecule has 7 heteroatoms. The molecule has 0 aromatic rings. The second kappa shape index (κ2) is 5.01. The van der Waals surface area contributed by atoms with E-state index in [1.54, 1.807) is 13.1 Å². The maximum Gasteiger partial charge on any atom is 0.361 e. The monoisotopic (exact) mass is 237 g/mol. The first-order valence-corrected chi connectivity index (χ1v) is 7.61.